The van der Waals surface area contributed by atoms with Crippen molar-refractivity contribution in [1.29, 1.82) is 0 Å². The Bertz CT molecular complexity index is 1140. The number of aliphatic hydroxyl groups is 1. The Labute approximate surface area is 214 Å². The highest BCUT2D eigenvalue weighted by Crippen LogP contribution is 2.27. The van der Waals surface area contributed by atoms with E-state index in [2.05, 4.69) is 10.6 Å². The van der Waals surface area contributed by atoms with Crippen LogP contribution in [0.5, 0.6) is 0 Å². The number of nitrogens with zero attached hydrogens (tertiary/aromatic N) is 1. The van der Waals surface area contributed by atoms with E-state index in [4.69, 9.17) is 0 Å². The summed E-state index contributed by atoms with van der Waals surface area (Å²) in [6, 6.07) is 9.29. The number of carbonyl (C=O) groups is 3. The zero-order valence-electron chi connectivity index (χ0n) is 21.4. The number of carbonyl (C=O) groups excluding carboxylic acids is 3. The molecule has 0 bridgehead atoms. The zero-order chi connectivity index (χ0) is 27.5. The maximum atomic E-state index is 13.5. The number of alkyl halides is 3. The summed E-state index contributed by atoms with van der Waals surface area (Å²) in [4.78, 5) is 40.8. The molecule has 1 fully saturated rings. The smallest absolute Gasteiger partial charge is 0.382 e. The lowest BCUT2D eigenvalue weighted by Gasteiger charge is -2.33. The predicted molar refractivity (Wildman–Crippen MR) is 134 cm³/mol. The quantitative estimate of drug-likeness (QED) is 0.494. The van der Waals surface area contributed by atoms with Gasteiger partial charge >= 0.3 is 6.18 Å². The van der Waals surface area contributed by atoms with Crippen LogP contribution in [0.4, 0.5) is 13.2 Å². The third-order valence-corrected chi connectivity index (χ3v) is 6.77. The number of nitrogens with one attached hydrogen (secondary N) is 2. The van der Waals surface area contributed by atoms with Crippen LogP contribution in [0.25, 0.3) is 10.8 Å². The molecule has 3 N–H and O–H groups in total. The van der Waals surface area contributed by atoms with Crippen LogP contribution in [0, 0.1) is 11.8 Å². The van der Waals surface area contributed by atoms with E-state index in [1.807, 2.05) is 30.3 Å². The Morgan fingerprint density at radius 1 is 0.973 bits per heavy atom. The zero-order valence-corrected chi connectivity index (χ0v) is 21.4. The first-order valence-corrected chi connectivity index (χ1v) is 12.5. The van der Waals surface area contributed by atoms with Crippen molar-refractivity contribution in [2.75, 3.05) is 6.54 Å². The summed E-state index contributed by atoms with van der Waals surface area (Å²) in [6.45, 7) is 6.70. The molecular weight excluding hydrogens is 487 g/mol. The second-order valence-corrected chi connectivity index (χ2v) is 10.2. The summed E-state index contributed by atoms with van der Waals surface area (Å²) in [5.41, 5.74) is 0.383. The summed E-state index contributed by atoms with van der Waals surface area (Å²) in [6.07, 6.45) is -6.87. The van der Waals surface area contributed by atoms with Crippen LogP contribution >= 0.6 is 0 Å². The van der Waals surface area contributed by atoms with Crippen LogP contribution in [-0.2, 0) is 9.59 Å². The first kappa shape index (κ1) is 28.4. The fraction of sp³-hybridized carbons (Fsp3) is 0.519. The van der Waals surface area contributed by atoms with E-state index < -0.39 is 54.0 Å². The van der Waals surface area contributed by atoms with Gasteiger partial charge in [-0.15, -0.1) is 0 Å². The van der Waals surface area contributed by atoms with Crippen molar-refractivity contribution in [3.05, 3.63) is 48.0 Å². The Balaban J connectivity index is 1.75. The highest BCUT2D eigenvalue weighted by molar-refractivity contribution is 6.01. The topological polar surface area (TPSA) is 98.7 Å². The Morgan fingerprint density at radius 3 is 2.22 bits per heavy atom. The van der Waals surface area contributed by atoms with Gasteiger partial charge in [0.05, 0.1) is 6.04 Å². The van der Waals surface area contributed by atoms with Gasteiger partial charge in [-0.3, -0.25) is 14.4 Å². The van der Waals surface area contributed by atoms with Gasteiger partial charge in [0.15, 0.2) is 6.10 Å². The third kappa shape index (κ3) is 6.60. The molecule has 1 aliphatic rings. The van der Waals surface area contributed by atoms with Crippen molar-refractivity contribution in [1.82, 2.24) is 15.5 Å². The van der Waals surface area contributed by atoms with Crippen molar-refractivity contribution in [2.45, 2.75) is 70.9 Å². The average Bonchev–Trinajstić information content (AvgIpc) is 3.33. The van der Waals surface area contributed by atoms with E-state index in [0.29, 0.717) is 12.0 Å². The van der Waals surface area contributed by atoms with Crippen LogP contribution in [0.15, 0.2) is 42.5 Å². The fourth-order valence-corrected chi connectivity index (χ4v) is 4.62. The molecule has 1 aliphatic heterocycles. The van der Waals surface area contributed by atoms with Crippen molar-refractivity contribution in [3.8, 4) is 0 Å². The molecule has 37 heavy (non-hydrogen) atoms. The molecule has 3 amide bonds. The fourth-order valence-electron chi connectivity index (χ4n) is 4.62. The number of amides is 3. The van der Waals surface area contributed by atoms with Gasteiger partial charge < -0.3 is 20.6 Å². The van der Waals surface area contributed by atoms with E-state index in [1.54, 1.807) is 26.0 Å². The molecule has 0 aliphatic carbocycles. The van der Waals surface area contributed by atoms with Gasteiger partial charge in [-0.1, -0.05) is 58.0 Å². The summed E-state index contributed by atoms with van der Waals surface area (Å²) in [5, 5.41) is 16.7. The number of likely N-dealkylation sites (tertiary alicyclic amines) is 1. The van der Waals surface area contributed by atoms with Gasteiger partial charge in [0, 0.05) is 12.1 Å². The molecule has 0 saturated carbocycles. The predicted octanol–water partition coefficient (Wildman–Crippen LogP) is 3.65. The minimum absolute atomic E-state index is 0.236. The monoisotopic (exact) mass is 521 g/mol. The Hall–Kier alpha value is -3.14. The maximum Gasteiger partial charge on any atom is 0.416 e. The number of aliphatic hydroxyl groups excluding tert-OH is 1. The van der Waals surface area contributed by atoms with E-state index >= 15 is 0 Å². The summed E-state index contributed by atoms with van der Waals surface area (Å²) < 4.78 is 39.4. The first-order valence-electron chi connectivity index (χ1n) is 12.5. The number of hydrogen-bond acceptors (Lipinski definition) is 4. The Kier molecular flexibility index (Phi) is 8.84. The van der Waals surface area contributed by atoms with E-state index in [-0.39, 0.29) is 18.9 Å². The molecule has 202 valence electrons. The molecule has 3 rings (SSSR count). The molecule has 1 heterocycles. The number of benzene rings is 2. The number of rotatable bonds is 8. The summed E-state index contributed by atoms with van der Waals surface area (Å²) in [7, 11) is 0. The third-order valence-electron chi connectivity index (χ3n) is 6.77. The number of fused-ring (bicyclic) bond motifs is 1. The van der Waals surface area contributed by atoms with Crippen molar-refractivity contribution < 1.29 is 32.7 Å². The van der Waals surface area contributed by atoms with Crippen molar-refractivity contribution in [3.63, 3.8) is 0 Å². The van der Waals surface area contributed by atoms with Gasteiger partial charge in [-0.05, 0) is 47.6 Å². The second-order valence-electron chi connectivity index (χ2n) is 10.2. The highest BCUT2D eigenvalue weighted by Gasteiger charge is 2.47. The molecule has 0 aromatic heterocycles. The molecule has 0 radical (unpaired) electrons. The van der Waals surface area contributed by atoms with Gasteiger partial charge in [-0.25, -0.2) is 0 Å². The van der Waals surface area contributed by atoms with E-state index in [0.717, 1.165) is 10.8 Å². The highest BCUT2D eigenvalue weighted by atomic mass is 19.4. The standard InChI is InChI=1S/C27H34F3N3O4/c1-15(2)21(23(34)27(28,29)30)31-25(36)20-10-7-13-33(20)26(37)22(16(3)4)32-24(35)19-12-11-17-8-5-6-9-18(17)14-19/h5-6,8-9,11-12,14-16,20-23,34H,7,10,13H2,1-4H3,(H,31,36)(H,32,35)/t20-,21?,22-,23?/m0/s1. The van der Waals surface area contributed by atoms with Crippen molar-refractivity contribution in [2.24, 2.45) is 11.8 Å². The minimum atomic E-state index is -4.90. The molecule has 2 unspecified atom stereocenters. The molecule has 2 aromatic carbocycles. The van der Waals surface area contributed by atoms with E-state index in [1.165, 1.54) is 18.7 Å². The molecule has 10 heteroatoms. The lowest BCUT2D eigenvalue weighted by Crippen LogP contribution is -2.59. The largest absolute Gasteiger partial charge is 0.416 e. The van der Waals surface area contributed by atoms with Crippen LogP contribution in [0.2, 0.25) is 0 Å². The number of halogens is 3. The molecule has 7 nitrogen and oxygen atoms in total. The molecule has 2 aromatic rings. The molecule has 4 atom stereocenters. The minimum Gasteiger partial charge on any atom is -0.382 e. The van der Waals surface area contributed by atoms with Gasteiger partial charge in [-0.2, -0.15) is 13.2 Å². The molecule has 0 spiro atoms. The van der Waals surface area contributed by atoms with Crippen molar-refractivity contribution >= 4 is 28.5 Å². The first-order chi connectivity index (χ1) is 17.3. The molecular formula is C27H34F3N3O4. The van der Waals surface area contributed by atoms with Gasteiger partial charge in [0.25, 0.3) is 5.91 Å². The SMILES string of the molecule is CC(C)C(NC(=O)[C@@H]1CCCN1C(=O)[C@@H](NC(=O)c1ccc2ccccc2c1)C(C)C)C(O)C(F)(F)F. The maximum absolute atomic E-state index is 13.5. The van der Waals surface area contributed by atoms with Gasteiger partial charge in [0.1, 0.15) is 12.1 Å². The number of hydrogen-bond donors (Lipinski definition) is 3. The van der Waals surface area contributed by atoms with E-state index in [9.17, 15) is 32.7 Å². The average molecular weight is 522 g/mol. The van der Waals surface area contributed by atoms with Crippen LogP contribution in [-0.4, -0.2) is 64.7 Å². The van der Waals surface area contributed by atoms with Crippen LogP contribution in [0.3, 0.4) is 0 Å². The normalized spacial score (nSPS) is 18.6. The summed E-state index contributed by atoms with van der Waals surface area (Å²) >= 11 is 0. The lowest BCUT2D eigenvalue weighted by atomic mass is 9.97. The second kappa shape index (κ2) is 11.5. The Morgan fingerprint density at radius 2 is 1.62 bits per heavy atom. The molecule has 1 saturated heterocycles. The lowest BCUT2D eigenvalue weighted by molar-refractivity contribution is -0.215. The van der Waals surface area contributed by atoms with Gasteiger partial charge in [0.2, 0.25) is 11.8 Å². The summed E-state index contributed by atoms with van der Waals surface area (Å²) in [5.74, 6) is -2.67. The van der Waals surface area contributed by atoms with Crippen LogP contribution in [0.1, 0.15) is 50.9 Å². The van der Waals surface area contributed by atoms with Crippen LogP contribution < -0.4 is 10.6 Å².